The van der Waals surface area contributed by atoms with Gasteiger partial charge in [-0.05, 0) is 43.5 Å². The van der Waals surface area contributed by atoms with Gasteiger partial charge in [-0.2, -0.15) is 0 Å². The number of amides is 1. The second-order valence-corrected chi connectivity index (χ2v) is 5.18. The van der Waals surface area contributed by atoms with E-state index in [1.807, 2.05) is 30.0 Å². The lowest BCUT2D eigenvalue weighted by Gasteiger charge is -2.32. The number of piperidine rings is 1. The molecule has 1 saturated heterocycles. The van der Waals surface area contributed by atoms with E-state index in [4.69, 9.17) is 4.74 Å². The second kappa shape index (κ2) is 7.29. The van der Waals surface area contributed by atoms with Gasteiger partial charge in [-0.15, -0.1) is 0 Å². The van der Waals surface area contributed by atoms with Crippen LogP contribution in [0.3, 0.4) is 0 Å². The van der Waals surface area contributed by atoms with E-state index in [-0.39, 0.29) is 11.9 Å². The average molecular weight is 276 g/mol. The third-order valence-electron chi connectivity index (χ3n) is 3.79. The van der Waals surface area contributed by atoms with Crippen LogP contribution in [-0.4, -0.2) is 43.6 Å². The van der Waals surface area contributed by atoms with Crippen molar-refractivity contribution in [1.29, 1.82) is 0 Å². The lowest BCUT2D eigenvalue weighted by molar-refractivity contribution is -0.135. The maximum absolute atomic E-state index is 12.3. The van der Waals surface area contributed by atoms with E-state index in [0.29, 0.717) is 0 Å². The number of nitrogens with one attached hydrogen (secondary N) is 1. The summed E-state index contributed by atoms with van der Waals surface area (Å²) >= 11 is 0. The highest BCUT2D eigenvalue weighted by molar-refractivity contribution is 5.82. The third-order valence-corrected chi connectivity index (χ3v) is 3.79. The number of methoxy groups -OCH3 is 1. The molecule has 1 atom stereocenters. The molecule has 4 heteroatoms. The Morgan fingerprint density at radius 1 is 1.45 bits per heavy atom. The van der Waals surface area contributed by atoms with Crippen LogP contribution in [0.5, 0.6) is 5.75 Å². The largest absolute Gasteiger partial charge is 0.497 e. The molecule has 110 valence electrons. The van der Waals surface area contributed by atoms with Gasteiger partial charge in [0.05, 0.1) is 13.2 Å². The summed E-state index contributed by atoms with van der Waals surface area (Å²) in [6, 6.07) is 8.07. The van der Waals surface area contributed by atoms with Crippen LogP contribution in [0.1, 0.15) is 25.3 Å². The number of hydrogen-bond donors (Lipinski definition) is 1. The predicted molar refractivity (Wildman–Crippen MR) is 80.0 cm³/mol. The number of hydrogen-bond acceptors (Lipinski definition) is 3. The molecular weight excluding hydrogens is 252 g/mol. The first-order valence-corrected chi connectivity index (χ1v) is 7.39. The Labute approximate surface area is 121 Å². The summed E-state index contributed by atoms with van der Waals surface area (Å²) in [5, 5.41) is 3.27. The van der Waals surface area contributed by atoms with E-state index < -0.39 is 0 Å². The minimum atomic E-state index is 0.0130. The summed E-state index contributed by atoms with van der Waals surface area (Å²) in [7, 11) is 1.67. The zero-order valence-electron chi connectivity index (χ0n) is 12.4. The van der Waals surface area contributed by atoms with E-state index in [0.717, 1.165) is 44.6 Å². The van der Waals surface area contributed by atoms with Gasteiger partial charge in [-0.1, -0.05) is 19.1 Å². The number of nitrogens with zero attached hydrogens (tertiary/aromatic N) is 1. The van der Waals surface area contributed by atoms with Crippen LogP contribution in [0.2, 0.25) is 0 Å². The average Bonchev–Trinajstić information content (AvgIpc) is 2.48. The monoisotopic (exact) mass is 276 g/mol. The molecule has 0 spiro atoms. The van der Waals surface area contributed by atoms with E-state index in [9.17, 15) is 4.79 Å². The minimum Gasteiger partial charge on any atom is -0.497 e. The molecule has 1 N–H and O–H groups in total. The molecule has 2 rings (SSSR count). The van der Waals surface area contributed by atoms with Crippen LogP contribution >= 0.6 is 0 Å². The molecule has 0 aromatic heterocycles. The highest BCUT2D eigenvalue weighted by Gasteiger charge is 2.27. The van der Waals surface area contributed by atoms with Crippen molar-refractivity contribution >= 4 is 5.91 Å². The van der Waals surface area contributed by atoms with Crippen molar-refractivity contribution in [1.82, 2.24) is 10.2 Å². The number of likely N-dealkylation sites (N-methyl/N-ethyl adjacent to an activating group) is 1. The number of carbonyl (C=O) groups excluding carboxylic acids is 1. The third kappa shape index (κ3) is 3.73. The number of benzene rings is 1. The fourth-order valence-electron chi connectivity index (χ4n) is 2.69. The Hall–Kier alpha value is -1.55. The van der Waals surface area contributed by atoms with Crippen LogP contribution < -0.4 is 10.1 Å². The van der Waals surface area contributed by atoms with Crippen LogP contribution in [0, 0.1) is 0 Å². The van der Waals surface area contributed by atoms with Crippen molar-refractivity contribution in [3.05, 3.63) is 29.8 Å². The number of carbonyl (C=O) groups is 1. The zero-order chi connectivity index (χ0) is 14.4. The van der Waals surface area contributed by atoms with Crippen molar-refractivity contribution < 1.29 is 9.53 Å². The van der Waals surface area contributed by atoms with Gasteiger partial charge in [0, 0.05) is 13.1 Å². The Bertz CT molecular complexity index is 446. The van der Waals surface area contributed by atoms with E-state index in [1.54, 1.807) is 7.11 Å². The molecule has 20 heavy (non-hydrogen) atoms. The maximum Gasteiger partial charge on any atom is 0.239 e. The quantitative estimate of drug-likeness (QED) is 0.862. The van der Waals surface area contributed by atoms with Gasteiger partial charge in [-0.3, -0.25) is 4.79 Å². The summed E-state index contributed by atoms with van der Waals surface area (Å²) in [4.78, 5) is 14.3. The van der Waals surface area contributed by atoms with E-state index in [1.165, 1.54) is 5.56 Å². The first-order chi connectivity index (χ1) is 9.74. The van der Waals surface area contributed by atoms with Gasteiger partial charge in [0.25, 0.3) is 0 Å². The van der Waals surface area contributed by atoms with Crippen molar-refractivity contribution in [2.24, 2.45) is 0 Å². The van der Waals surface area contributed by atoms with Gasteiger partial charge in [0.15, 0.2) is 0 Å². The number of likely N-dealkylation sites (tertiary alicyclic amines) is 1. The van der Waals surface area contributed by atoms with Crippen LogP contribution in [0.4, 0.5) is 0 Å². The summed E-state index contributed by atoms with van der Waals surface area (Å²) in [5.41, 5.74) is 1.21. The predicted octanol–water partition coefficient (Wildman–Crippen LogP) is 1.84. The molecule has 1 heterocycles. The summed E-state index contributed by atoms with van der Waals surface area (Å²) < 4.78 is 5.23. The Kier molecular flexibility index (Phi) is 5.41. The van der Waals surface area contributed by atoms with Gasteiger partial charge in [0.2, 0.25) is 5.91 Å². The van der Waals surface area contributed by atoms with Gasteiger partial charge in [-0.25, -0.2) is 0 Å². The molecule has 1 fully saturated rings. The number of rotatable bonds is 6. The number of ether oxygens (including phenoxy) is 1. The first kappa shape index (κ1) is 14.9. The lowest BCUT2D eigenvalue weighted by atomic mass is 10.0. The normalized spacial score (nSPS) is 19.2. The van der Waals surface area contributed by atoms with Crippen molar-refractivity contribution in [2.75, 3.05) is 26.7 Å². The minimum absolute atomic E-state index is 0.0130. The van der Waals surface area contributed by atoms with Crippen molar-refractivity contribution in [2.45, 2.75) is 32.2 Å². The fourth-order valence-corrected chi connectivity index (χ4v) is 2.69. The van der Waals surface area contributed by atoms with Crippen LogP contribution in [0.25, 0.3) is 0 Å². The van der Waals surface area contributed by atoms with Crippen molar-refractivity contribution in [3.63, 3.8) is 0 Å². The van der Waals surface area contributed by atoms with Crippen molar-refractivity contribution in [3.8, 4) is 5.75 Å². The highest BCUT2D eigenvalue weighted by atomic mass is 16.5. The van der Waals surface area contributed by atoms with E-state index in [2.05, 4.69) is 11.4 Å². The fraction of sp³-hybridized carbons (Fsp3) is 0.562. The molecule has 1 aromatic carbocycles. The van der Waals surface area contributed by atoms with Gasteiger partial charge >= 0.3 is 0 Å². The molecule has 1 aromatic rings. The Morgan fingerprint density at radius 2 is 2.30 bits per heavy atom. The standard InChI is InChI=1S/C16H24N2O2/c1-3-17-15-8-5-10-18(16(15)19)11-9-13-6-4-7-14(12-13)20-2/h4,6-7,12,15,17H,3,5,8-11H2,1-2H3. The van der Waals surface area contributed by atoms with Crippen LogP contribution in [0.15, 0.2) is 24.3 Å². The van der Waals surface area contributed by atoms with Crippen LogP contribution in [-0.2, 0) is 11.2 Å². The first-order valence-electron chi connectivity index (χ1n) is 7.39. The smallest absolute Gasteiger partial charge is 0.239 e. The molecule has 4 nitrogen and oxygen atoms in total. The molecule has 0 radical (unpaired) electrons. The SMILES string of the molecule is CCNC1CCCN(CCc2cccc(OC)c2)C1=O. The summed E-state index contributed by atoms with van der Waals surface area (Å²) in [6.45, 7) is 4.56. The Balaban J connectivity index is 1.90. The second-order valence-electron chi connectivity index (χ2n) is 5.18. The highest BCUT2D eigenvalue weighted by Crippen LogP contribution is 2.16. The molecular formula is C16H24N2O2. The Morgan fingerprint density at radius 3 is 3.05 bits per heavy atom. The van der Waals surface area contributed by atoms with Gasteiger partial charge in [0.1, 0.15) is 5.75 Å². The maximum atomic E-state index is 12.3. The summed E-state index contributed by atoms with van der Waals surface area (Å²) in [6.07, 6.45) is 2.92. The molecule has 1 aliphatic heterocycles. The molecule has 1 aliphatic rings. The van der Waals surface area contributed by atoms with Gasteiger partial charge < -0.3 is 15.0 Å². The lowest BCUT2D eigenvalue weighted by Crippen LogP contribution is -2.51. The van der Waals surface area contributed by atoms with E-state index >= 15 is 0 Å². The summed E-state index contributed by atoms with van der Waals surface area (Å²) in [5.74, 6) is 1.12. The topological polar surface area (TPSA) is 41.6 Å². The molecule has 0 aliphatic carbocycles. The molecule has 0 bridgehead atoms. The molecule has 1 amide bonds. The molecule has 1 unspecified atom stereocenters. The zero-order valence-corrected chi connectivity index (χ0v) is 12.4. The molecule has 0 saturated carbocycles.